The van der Waals surface area contributed by atoms with Gasteiger partial charge in [0.2, 0.25) is 5.75 Å². The summed E-state index contributed by atoms with van der Waals surface area (Å²) in [7, 11) is 0. The molecule has 0 amide bonds. The van der Waals surface area contributed by atoms with Crippen molar-refractivity contribution in [2.45, 2.75) is 0 Å². The smallest absolute Gasteiger partial charge is 0.275 e. The van der Waals surface area contributed by atoms with Gasteiger partial charge in [0.15, 0.2) is 11.6 Å². The predicted octanol–water partition coefficient (Wildman–Crippen LogP) is 1.13. The number of nitro benzene ring substituents is 1. The molecule has 0 aliphatic rings. The summed E-state index contributed by atoms with van der Waals surface area (Å²) in [5, 5.41) is 10.1. The highest BCUT2D eigenvalue weighted by Crippen LogP contribution is 2.25. The van der Waals surface area contributed by atoms with Crippen molar-refractivity contribution in [3.05, 3.63) is 33.9 Å². The van der Waals surface area contributed by atoms with Crippen LogP contribution in [0, 0.1) is 21.7 Å². The normalized spacial score (nSPS) is 9.77. The lowest BCUT2D eigenvalue weighted by Gasteiger charge is -2.00. The van der Waals surface area contributed by atoms with Gasteiger partial charge in [-0.25, -0.2) is 8.78 Å². The quantitative estimate of drug-likeness (QED) is 0.559. The lowest BCUT2D eigenvalue weighted by molar-refractivity contribution is -0.385. The number of hydrogen-bond acceptors (Lipinski definition) is 4. The average Bonchev–Trinajstić information content (AvgIpc) is 2.03. The first-order chi connectivity index (χ1) is 6.06. The third-order valence-corrected chi connectivity index (χ3v) is 1.31. The number of non-ortho nitro benzene ring substituents is 1. The Bertz CT molecular complexity index is 333. The molecule has 0 aliphatic heterocycles. The fourth-order valence-electron chi connectivity index (χ4n) is 0.765. The van der Waals surface area contributed by atoms with Gasteiger partial charge >= 0.3 is 0 Å². The molecule has 1 aromatic rings. The molecule has 1 rings (SSSR count). The van der Waals surface area contributed by atoms with Crippen molar-refractivity contribution in [2.24, 2.45) is 5.90 Å². The summed E-state index contributed by atoms with van der Waals surface area (Å²) in [6.45, 7) is 0. The van der Waals surface area contributed by atoms with Crippen LogP contribution in [0.1, 0.15) is 0 Å². The number of hydrogen-bond donors (Lipinski definition) is 1. The molecule has 0 heterocycles. The molecule has 5 nitrogen and oxygen atoms in total. The summed E-state index contributed by atoms with van der Waals surface area (Å²) >= 11 is 0. The number of nitro groups is 1. The molecule has 0 atom stereocenters. The predicted molar refractivity (Wildman–Crippen MR) is 37.8 cm³/mol. The van der Waals surface area contributed by atoms with Crippen LogP contribution in [0.5, 0.6) is 5.75 Å². The van der Waals surface area contributed by atoms with Crippen molar-refractivity contribution in [1.82, 2.24) is 0 Å². The fraction of sp³-hybridized carbons (Fsp3) is 0. The summed E-state index contributed by atoms with van der Waals surface area (Å²) in [5.41, 5.74) is -0.698. The minimum absolute atomic E-state index is 0.519. The first-order valence-electron chi connectivity index (χ1n) is 3.06. The maximum atomic E-state index is 12.7. The summed E-state index contributed by atoms with van der Waals surface area (Å²) in [4.78, 5) is 13.0. The molecular weight excluding hydrogens is 186 g/mol. The first-order valence-corrected chi connectivity index (χ1v) is 3.06. The molecule has 0 spiro atoms. The Morgan fingerprint density at radius 2 is 1.85 bits per heavy atom. The number of halogens is 2. The van der Waals surface area contributed by atoms with E-state index >= 15 is 0 Å². The highest BCUT2D eigenvalue weighted by Gasteiger charge is 2.17. The molecule has 7 heteroatoms. The van der Waals surface area contributed by atoms with E-state index in [0.29, 0.717) is 12.1 Å². The summed E-state index contributed by atoms with van der Waals surface area (Å²) in [5.74, 6) is 1.26. The van der Waals surface area contributed by atoms with Gasteiger partial charge in [-0.1, -0.05) is 0 Å². The van der Waals surface area contributed by atoms with Crippen LogP contribution in [-0.4, -0.2) is 4.92 Å². The van der Waals surface area contributed by atoms with Crippen molar-refractivity contribution in [2.75, 3.05) is 0 Å². The van der Waals surface area contributed by atoms with Gasteiger partial charge in [-0.15, -0.1) is 0 Å². The van der Waals surface area contributed by atoms with E-state index in [0.717, 1.165) is 0 Å². The summed E-state index contributed by atoms with van der Waals surface area (Å²) in [6.07, 6.45) is 0. The molecule has 0 saturated heterocycles. The zero-order valence-corrected chi connectivity index (χ0v) is 6.16. The van der Waals surface area contributed by atoms with Gasteiger partial charge in [-0.3, -0.25) is 10.1 Å². The molecule has 0 fully saturated rings. The fourth-order valence-corrected chi connectivity index (χ4v) is 0.765. The Labute approximate surface area is 70.8 Å². The van der Waals surface area contributed by atoms with Crippen LogP contribution in [-0.2, 0) is 0 Å². The third kappa shape index (κ3) is 1.70. The number of rotatable bonds is 2. The first kappa shape index (κ1) is 9.33. The zero-order valence-electron chi connectivity index (χ0n) is 6.16. The minimum atomic E-state index is -1.21. The van der Waals surface area contributed by atoms with Crippen LogP contribution < -0.4 is 10.7 Å². The largest absolute Gasteiger partial charge is 0.405 e. The van der Waals surface area contributed by atoms with Crippen LogP contribution in [0.25, 0.3) is 0 Å². The maximum absolute atomic E-state index is 12.7. The van der Waals surface area contributed by atoms with Crippen LogP contribution >= 0.6 is 0 Å². The van der Waals surface area contributed by atoms with Crippen molar-refractivity contribution in [3.63, 3.8) is 0 Å². The van der Waals surface area contributed by atoms with Crippen LogP contribution in [0.3, 0.4) is 0 Å². The molecule has 1 aromatic carbocycles. The zero-order chi connectivity index (χ0) is 10.0. The summed E-state index contributed by atoms with van der Waals surface area (Å²) < 4.78 is 25.4. The Morgan fingerprint density at radius 3 is 2.15 bits per heavy atom. The van der Waals surface area contributed by atoms with Crippen LogP contribution in [0.2, 0.25) is 0 Å². The van der Waals surface area contributed by atoms with E-state index in [1.54, 1.807) is 0 Å². The van der Waals surface area contributed by atoms with Crippen LogP contribution in [0.15, 0.2) is 12.1 Å². The Hall–Kier alpha value is -1.76. The van der Waals surface area contributed by atoms with E-state index in [1.807, 2.05) is 0 Å². The molecular formula is C6H4F2N2O3. The lowest BCUT2D eigenvalue weighted by Crippen LogP contribution is -2.06. The maximum Gasteiger partial charge on any atom is 0.275 e. The summed E-state index contributed by atoms with van der Waals surface area (Å²) in [6, 6.07) is 1.04. The minimum Gasteiger partial charge on any atom is -0.405 e. The Balaban J connectivity index is 3.28. The van der Waals surface area contributed by atoms with Gasteiger partial charge in [0.1, 0.15) is 0 Å². The molecule has 13 heavy (non-hydrogen) atoms. The van der Waals surface area contributed by atoms with Crippen molar-refractivity contribution < 1.29 is 18.5 Å². The van der Waals surface area contributed by atoms with Crippen molar-refractivity contribution in [3.8, 4) is 5.75 Å². The average molecular weight is 190 g/mol. The Kier molecular flexibility index (Phi) is 2.38. The molecule has 0 aliphatic carbocycles. The van der Waals surface area contributed by atoms with E-state index in [4.69, 9.17) is 0 Å². The molecule has 70 valence electrons. The highest BCUT2D eigenvalue weighted by atomic mass is 19.1. The highest BCUT2D eigenvalue weighted by molar-refractivity contribution is 5.38. The van der Waals surface area contributed by atoms with E-state index in [2.05, 4.69) is 10.7 Å². The molecule has 0 saturated carbocycles. The molecule has 0 unspecified atom stereocenters. The standard InChI is InChI=1S/C6H4F2N2O3/c7-4-1-3(10(11)12)2-5(8)6(4)13-9/h1-2H,9H2. The van der Waals surface area contributed by atoms with Gasteiger partial charge < -0.3 is 4.84 Å². The van der Waals surface area contributed by atoms with E-state index in [-0.39, 0.29) is 0 Å². The van der Waals surface area contributed by atoms with Crippen molar-refractivity contribution in [1.29, 1.82) is 0 Å². The van der Waals surface area contributed by atoms with Gasteiger partial charge in [-0.2, -0.15) is 5.90 Å². The SMILES string of the molecule is NOc1c(F)cc([N+](=O)[O-])cc1F. The molecule has 0 aromatic heterocycles. The molecule has 0 bridgehead atoms. The third-order valence-electron chi connectivity index (χ3n) is 1.31. The topological polar surface area (TPSA) is 78.4 Å². The van der Waals surface area contributed by atoms with Crippen molar-refractivity contribution >= 4 is 5.69 Å². The Morgan fingerprint density at radius 1 is 1.38 bits per heavy atom. The second-order valence-corrected chi connectivity index (χ2v) is 2.11. The second-order valence-electron chi connectivity index (χ2n) is 2.11. The van der Waals surface area contributed by atoms with Gasteiger partial charge in [0, 0.05) is 0 Å². The number of nitrogens with two attached hydrogens (primary N) is 1. The van der Waals surface area contributed by atoms with E-state index < -0.39 is 28.0 Å². The van der Waals surface area contributed by atoms with Gasteiger partial charge in [0.05, 0.1) is 17.1 Å². The molecule has 0 radical (unpaired) electrons. The monoisotopic (exact) mass is 190 g/mol. The van der Waals surface area contributed by atoms with Crippen LogP contribution in [0.4, 0.5) is 14.5 Å². The second kappa shape index (κ2) is 3.31. The van der Waals surface area contributed by atoms with Gasteiger partial charge in [-0.05, 0) is 0 Å². The van der Waals surface area contributed by atoms with E-state index in [9.17, 15) is 18.9 Å². The molecule has 2 N–H and O–H groups in total. The number of nitrogens with zero attached hydrogens (tertiary/aromatic N) is 1. The lowest BCUT2D eigenvalue weighted by atomic mass is 10.3. The van der Waals surface area contributed by atoms with Gasteiger partial charge in [0.25, 0.3) is 5.69 Å². The number of benzene rings is 1. The van der Waals surface area contributed by atoms with E-state index in [1.165, 1.54) is 0 Å².